The number of rotatable bonds is 0. The van der Waals surface area contributed by atoms with Crippen molar-refractivity contribution in [1.29, 1.82) is 0 Å². The van der Waals surface area contributed by atoms with Crippen LogP contribution in [0.1, 0.15) is 0 Å². The van der Waals surface area contributed by atoms with E-state index in [9.17, 15) is 9.59 Å². The van der Waals surface area contributed by atoms with Gasteiger partial charge in [-0.05, 0) is 6.16 Å². The zero-order valence-electron chi connectivity index (χ0n) is 6.70. The Morgan fingerprint density at radius 1 is 0.867 bits per heavy atom. The molecule has 0 aliphatic rings. The minimum Gasteiger partial charge on any atom is -0.652 e. The molecule has 0 atom stereocenters. The monoisotopic (exact) mass is 252 g/mol. The fourth-order valence-corrected chi connectivity index (χ4v) is 0.124. The maximum Gasteiger partial charge on any atom is 2.00 e. The Labute approximate surface area is 108 Å². The van der Waals surface area contributed by atoms with Crippen molar-refractivity contribution in [3.8, 4) is 0 Å². The van der Waals surface area contributed by atoms with Gasteiger partial charge in [-0.25, -0.2) is 0 Å². The SMILES string of the molecule is O=C([O-])[O-].O=c1ooo1.O=c1ooo1.[Ca+2]. The number of carbonyl (C=O) groups excluding carboxylic acids is 1. The van der Waals surface area contributed by atoms with Crippen LogP contribution in [0.5, 0.6) is 0 Å². The molecule has 0 unspecified atom stereocenters. The summed E-state index contributed by atoms with van der Waals surface area (Å²) in [5.74, 6) is -1.57. The normalized spacial score (nSPS) is 7.47. The van der Waals surface area contributed by atoms with Gasteiger partial charge in [0.05, 0.1) is 0 Å². The fraction of sp³-hybridized carbons (Fsp3) is 0. The van der Waals surface area contributed by atoms with Crippen molar-refractivity contribution in [2.45, 2.75) is 0 Å². The minimum absolute atomic E-state index is 0. The minimum atomic E-state index is -2.33. The summed E-state index contributed by atoms with van der Waals surface area (Å²) in [7, 11) is 0. The molecule has 0 spiro atoms. The van der Waals surface area contributed by atoms with E-state index < -0.39 is 17.8 Å². The van der Waals surface area contributed by atoms with E-state index in [0.717, 1.165) is 0 Å². The second-order valence-corrected chi connectivity index (χ2v) is 1.22. The van der Waals surface area contributed by atoms with Crippen LogP contribution in [0.25, 0.3) is 0 Å². The molecule has 11 nitrogen and oxygen atoms in total. The van der Waals surface area contributed by atoms with E-state index in [1.807, 2.05) is 0 Å². The number of carboxylic acid groups (broad SMARTS) is 2. The van der Waals surface area contributed by atoms with Crippen molar-refractivity contribution in [2.75, 3.05) is 0 Å². The Morgan fingerprint density at radius 3 is 1.00 bits per heavy atom. The molecule has 2 heterocycles. The fourth-order valence-electron chi connectivity index (χ4n) is 0.124. The molecular weight excluding hydrogens is 252 g/mol. The van der Waals surface area contributed by atoms with Crippen molar-refractivity contribution in [3.63, 3.8) is 0 Å². The van der Waals surface area contributed by atoms with Gasteiger partial charge >= 0.3 is 49.4 Å². The molecule has 2 rings (SSSR count). The summed E-state index contributed by atoms with van der Waals surface area (Å²) in [6, 6.07) is 0. The number of carbonyl (C=O) groups is 1. The zero-order valence-corrected chi connectivity index (χ0v) is 8.91. The van der Waals surface area contributed by atoms with Crippen LogP contribution >= 0.6 is 0 Å². The second-order valence-electron chi connectivity index (χ2n) is 1.22. The van der Waals surface area contributed by atoms with E-state index in [1.165, 1.54) is 0 Å². The van der Waals surface area contributed by atoms with E-state index in [2.05, 4.69) is 27.8 Å². The Morgan fingerprint density at radius 2 is 1.00 bits per heavy atom. The Kier molecular flexibility index (Phi) is 9.92. The summed E-state index contributed by atoms with van der Waals surface area (Å²) >= 11 is 0. The topological polar surface area (TPSA) is 176 Å². The Balaban J connectivity index is 0. The maximum atomic E-state index is 9.33. The van der Waals surface area contributed by atoms with Crippen molar-refractivity contribution < 1.29 is 42.8 Å². The molecule has 0 aliphatic carbocycles. The van der Waals surface area contributed by atoms with Gasteiger partial charge in [0, 0.05) is 0 Å². The molecule has 0 fully saturated rings. The smallest absolute Gasteiger partial charge is 0.652 e. The summed E-state index contributed by atoms with van der Waals surface area (Å²) in [5.41, 5.74) is 0. The van der Waals surface area contributed by atoms with Crippen molar-refractivity contribution in [1.82, 2.24) is 0 Å². The van der Waals surface area contributed by atoms with Crippen LogP contribution in [0, 0.1) is 0 Å². The first-order chi connectivity index (χ1) is 6.52. The first kappa shape index (κ1) is 16.1. The average Bonchev–Trinajstić information content (AvgIpc) is 1.97. The van der Waals surface area contributed by atoms with Crippen LogP contribution < -0.4 is 21.9 Å². The number of hydrogen-bond donors (Lipinski definition) is 0. The first-order valence-corrected chi connectivity index (χ1v) is 2.50. The van der Waals surface area contributed by atoms with Crippen LogP contribution in [-0.2, 0) is 0 Å². The summed E-state index contributed by atoms with van der Waals surface area (Å²) in [6.07, 6.45) is -2.33. The number of hydrogen-bond acceptors (Lipinski definition) is 11. The third-order valence-electron chi connectivity index (χ3n) is 0.408. The molecule has 2 aromatic heterocycles. The van der Waals surface area contributed by atoms with Gasteiger partial charge in [0.15, 0.2) is 0 Å². The van der Waals surface area contributed by atoms with Crippen molar-refractivity contribution >= 4 is 43.9 Å². The Bertz CT molecular complexity index is 352. The molecule has 0 amide bonds. The van der Waals surface area contributed by atoms with Crippen LogP contribution in [0.4, 0.5) is 4.79 Å². The van der Waals surface area contributed by atoms with Gasteiger partial charge in [-0.3, -0.25) is 0 Å². The van der Waals surface area contributed by atoms with Gasteiger partial charge in [0.2, 0.25) is 0 Å². The zero-order chi connectivity index (χ0) is 11.0. The predicted molar refractivity (Wildman–Crippen MR) is 30.2 cm³/mol. The third-order valence-corrected chi connectivity index (χ3v) is 0.408. The van der Waals surface area contributed by atoms with Crippen LogP contribution in [0.3, 0.4) is 0 Å². The van der Waals surface area contributed by atoms with E-state index in [-0.39, 0.29) is 37.7 Å². The molecule has 0 radical (unpaired) electrons. The molecule has 0 N–H and O–H groups in total. The first-order valence-electron chi connectivity index (χ1n) is 2.50. The summed E-state index contributed by atoms with van der Waals surface area (Å²) in [4.78, 5) is 27.0. The van der Waals surface area contributed by atoms with Crippen LogP contribution in [0.2, 0.25) is 0 Å². The van der Waals surface area contributed by atoms with Gasteiger partial charge in [0.1, 0.15) is 0 Å². The van der Waals surface area contributed by atoms with Gasteiger partial charge in [-0.2, -0.15) is 27.9 Å². The Hall–Kier alpha value is -1.33. The molecule has 15 heavy (non-hydrogen) atoms. The van der Waals surface area contributed by atoms with Gasteiger partial charge in [0.25, 0.3) is 0 Å². The van der Waals surface area contributed by atoms with E-state index in [0.29, 0.717) is 0 Å². The average molecular weight is 252 g/mol. The quantitative estimate of drug-likeness (QED) is 0.341. The van der Waals surface area contributed by atoms with Gasteiger partial charge < -0.3 is 15.0 Å². The standard InChI is InChI=1S/2CO4.CH2O3.Ca/c2*2-1-3-5-4-1;2-1(3)4;/h;;(H2,2,3,4);/q;;;+2/p-2. The van der Waals surface area contributed by atoms with E-state index >= 15 is 0 Å². The van der Waals surface area contributed by atoms with Gasteiger partial charge in [-0.1, -0.05) is 9.47 Å². The molecular formula is C3CaO11. The maximum absolute atomic E-state index is 9.33. The molecule has 0 aromatic carbocycles. The molecule has 2 aromatic rings. The molecule has 0 saturated heterocycles. The molecule has 80 valence electrons. The second kappa shape index (κ2) is 9.23. The van der Waals surface area contributed by atoms with E-state index in [1.54, 1.807) is 0 Å². The summed E-state index contributed by atoms with van der Waals surface area (Å²) in [6.45, 7) is 0. The van der Waals surface area contributed by atoms with Crippen molar-refractivity contribution in [2.24, 2.45) is 0 Å². The van der Waals surface area contributed by atoms with Crippen LogP contribution in [-0.4, -0.2) is 43.9 Å². The summed E-state index contributed by atoms with van der Waals surface area (Å²) < 4.78 is 21.2. The van der Waals surface area contributed by atoms with E-state index in [4.69, 9.17) is 15.0 Å². The molecule has 0 aliphatic heterocycles. The molecule has 0 bridgehead atoms. The predicted octanol–water partition coefficient (Wildman–Crippen LogP) is -3.18. The van der Waals surface area contributed by atoms with Crippen molar-refractivity contribution in [3.05, 3.63) is 21.2 Å². The van der Waals surface area contributed by atoms with Crippen LogP contribution in [0.15, 0.2) is 37.4 Å². The molecule has 0 saturated carbocycles. The summed E-state index contributed by atoms with van der Waals surface area (Å²) in [5, 5.41) is 16.7. The largest absolute Gasteiger partial charge is 2.00 e. The molecule has 12 heteroatoms. The van der Waals surface area contributed by atoms with Gasteiger partial charge in [-0.15, -0.1) is 0 Å². The third kappa shape index (κ3) is 12.7.